The predicted octanol–water partition coefficient (Wildman–Crippen LogP) is 3.60. The van der Waals surface area contributed by atoms with Crippen LogP contribution in [0.1, 0.15) is 31.0 Å². The van der Waals surface area contributed by atoms with Crippen molar-refractivity contribution < 1.29 is 13.9 Å². The van der Waals surface area contributed by atoms with Crippen molar-refractivity contribution in [3.05, 3.63) is 52.4 Å². The average molecular weight is 455 g/mol. The molecule has 0 radical (unpaired) electrons. The van der Waals surface area contributed by atoms with Gasteiger partial charge in [-0.3, -0.25) is 9.69 Å². The third-order valence-corrected chi connectivity index (χ3v) is 6.41. The van der Waals surface area contributed by atoms with Crippen LogP contribution in [0.4, 0.5) is 5.88 Å². The van der Waals surface area contributed by atoms with Crippen molar-refractivity contribution in [2.75, 3.05) is 24.5 Å². The zero-order valence-electron chi connectivity index (χ0n) is 17.3. The number of carbonyl (C=O) groups excluding carboxylic acids is 1. The van der Waals surface area contributed by atoms with Crippen LogP contribution in [0.3, 0.4) is 0 Å². The molecule has 1 aromatic carbocycles. The second-order valence-corrected chi connectivity index (χ2v) is 9.22. The number of rotatable bonds is 5. The number of aromatic nitrogens is 1. The Morgan fingerprint density at radius 2 is 2.00 bits per heavy atom. The van der Waals surface area contributed by atoms with Crippen molar-refractivity contribution in [2.24, 2.45) is 0 Å². The van der Waals surface area contributed by atoms with Gasteiger partial charge in [-0.05, 0) is 25.8 Å². The number of amides is 1. The Morgan fingerprint density at radius 1 is 1.29 bits per heavy atom. The van der Waals surface area contributed by atoms with Crippen LogP contribution in [0.2, 0.25) is 0 Å². The van der Waals surface area contributed by atoms with Gasteiger partial charge in [0, 0.05) is 25.7 Å². The first-order valence-corrected chi connectivity index (χ1v) is 11.3. The molecule has 2 unspecified atom stereocenters. The van der Waals surface area contributed by atoms with Gasteiger partial charge < -0.3 is 14.1 Å². The second-order valence-electron chi connectivity index (χ2n) is 7.55. The largest absolute Gasteiger partial charge is 0.420 e. The molecule has 2 aliphatic heterocycles. The molecule has 7 nitrogen and oxygen atoms in total. The van der Waals surface area contributed by atoms with E-state index in [1.54, 1.807) is 11.0 Å². The summed E-state index contributed by atoms with van der Waals surface area (Å²) < 4.78 is 12.1. The summed E-state index contributed by atoms with van der Waals surface area (Å²) in [6, 6.07) is 12.1. The van der Waals surface area contributed by atoms with Crippen molar-refractivity contribution in [3.63, 3.8) is 0 Å². The van der Waals surface area contributed by atoms with Crippen molar-refractivity contribution in [1.29, 1.82) is 5.26 Å². The lowest BCUT2D eigenvalue weighted by molar-refractivity contribution is -0.122. The van der Waals surface area contributed by atoms with Crippen LogP contribution in [0.15, 0.2) is 39.7 Å². The van der Waals surface area contributed by atoms with Crippen molar-refractivity contribution in [2.45, 2.75) is 32.5 Å². The molecule has 0 N–H and O–H groups in total. The SMILES string of the molecule is CC1CN(c2oc(/C=C3\SC(=S)N(CCc4ccccc4)C3=O)nc2C#N)CC(C)O1. The van der Waals surface area contributed by atoms with E-state index in [9.17, 15) is 10.1 Å². The number of nitriles is 1. The molecule has 1 amide bonds. The van der Waals surface area contributed by atoms with E-state index in [1.807, 2.05) is 49.1 Å². The molecule has 2 fully saturated rings. The number of ether oxygens (including phenoxy) is 1. The summed E-state index contributed by atoms with van der Waals surface area (Å²) in [5, 5.41) is 9.52. The summed E-state index contributed by atoms with van der Waals surface area (Å²) in [6.07, 6.45) is 2.32. The molecule has 160 valence electrons. The number of oxazole rings is 1. The third-order valence-electron chi connectivity index (χ3n) is 5.03. The fraction of sp³-hybridized carbons (Fsp3) is 0.364. The van der Waals surface area contributed by atoms with Gasteiger partial charge >= 0.3 is 0 Å². The highest BCUT2D eigenvalue weighted by Crippen LogP contribution is 2.34. The van der Waals surface area contributed by atoms with Gasteiger partial charge in [-0.25, -0.2) is 0 Å². The first-order chi connectivity index (χ1) is 14.9. The minimum atomic E-state index is -0.169. The zero-order chi connectivity index (χ0) is 22.0. The molecule has 3 heterocycles. The molecule has 0 spiro atoms. The second kappa shape index (κ2) is 9.22. The number of nitrogens with zero attached hydrogens (tertiary/aromatic N) is 4. The van der Waals surface area contributed by atoms with Crippen molar-refractivity contribution in [1.82, 2.24) is 9.88 Å². The smallest absolute Gasteiger partial charge is 0.266 e. The summed E-state index contributed by atoms with van der Waals surface area (Å²) in [7, 11) is 0. The van der Waals surface area contributed by atoms with Crippen molar-refractivity contribution >= 4 is 46.2 Å². The Balaban J connectivity index is 1.51. The number of benzene rings is 1. The number of anilines is 1. The van der Waals surface area contributed by atoms with E-state index in [1.165, 1.54) is 11.8 Å². The molecule has 2 atom stereocenters. The van der Waals surface area contributed by atoms with E-state index in [-0.39, 0.29) is 29.7 Å². The number of thioether (sulfide) groups is 1. The van der Waals surface area contributed by atoms with Gasteiger partial charge in [-0.15, -0.1) is 0 Å². The quantitative estimate of drug-likeness (QED) is 0.501. The van der Waals surface area contributed by atoms with Gasteiger partial charge in [0.1, 0.15) is 10.4 Å². The summed E-state index contributed by atoms with van der Waals surface area (Å²) in [6.45, 7) is 5.68. The summed E-state index contributed by atoms with van der Waals surface area (Å²) in [5.41, 5.74) is 1.35. The number of hydrogen-bond acceptors (Lipinski definition) is 8. The number of hydrogen-bond donors (Lipinski definition) is 0. The molecule has 0 saturated carbocycles. The third kappa shape index (κ3) is 4.82. The van der Waals surface area contributed by atoms with Crippen LogP contribution in [-0.2, 0) is 16.0 Å². The topological polar surface area (TPSA) is 82.6 Å². The van der Waals surface area contributed by atoms with Crippen molar-refractivity contribution in [3.8, 4) is 6.07 Å². The van der Waals surface area contributed by atoms with Gasteiger partial charge in [0.15, 0.2) is 0 Å². The molecular weight excluding hydrogens is 432 g/mol. The minimum absolute atomic E-state index is 0.0182. The van der Waals surface area contributed by atoms with E-state index in [4.69, 9.17) is 21.4 Å². The average Bonchev–Trinajstić information content (AvgIpc) is 3.27. The van der Waals surface area contributed by atoms with Crippen LogP contribution < -0.4 is 4.90 Å². The van der Waals surface area contributed by atoms with Crippen LogP contribution in [0, 0.1) is 11.3 Å². The highest BCUT2D eigenvalue weighted by Gasteiger charge is 2.33. The number of morpholine rings is 1. The van der Waals surface area contributed by atoms with Gasteiger partial charge in [-0.2, -0.15) is 10.2 Å². The van der Waals surface area contributed by atoms with Gasteiger partial charge in [-0.1, -0.05) is 54.3 Å². The normalized spacial score (nSPS) is 22.9. The minimum Gasteiger partial charge on any atom is -0.420 e. The van der Waals surface area contributed by atoms with E-state index in [0.29, 0.717) is 34.7 Å². The standard InChI is InChI=1S/C22H22N4O3S2/c1-14-12-25(13-15(2)28-14)21-17(11-23)24-19(29-21)10-18-20(27)26(22(30)31-18)9-8-16-6-4-3-5-7-16/h3-7,10,14-15H,8-9,12-13H2,1-2H3/b18-10-. The molecule has 31 heavy (non-hydrogen) atoms. The Morgan fingerprint density at radius 3 is 2.68 bits per heavy atom. The lowest BCUT2D eigenvalue weighted by atomic mass is 10.1. The summed E-state index contributed by atoms with van der Waals surface area (Å²) in [5.74, 6) is 0.468. The van der Waals surface area contributed by atoms with Crippen LogP contribution in [-0.4, -0.2) is 52.0 Å². The van der Waals surface area contributed by atoms with Gasteiger partial charge in [0.25, 0.3) is 5.91 Å². The molecule has 0 aliphatic carbocycles. The van der Waals surface area contributed by atoms with Crippen LogP contribution in [0.25, 0.3) is 6.08 Å². The van der Waals surface area contributed by atoms with Gasteiger partial charge in [0.05, 0.1) is 17.1 Å². The lowest BCUT2D eigenvalue weighted by Crippen LogP contribution is -2.45. The number of carbonyl (C=O) groups is 1. The Kier molecular flexibility index (Phi) is 6.41. The van der Waals surface area contributed by atoms with E-state index in [2.05, 4.69) is 11.1 Å². The first kappa shape index (κ1) is 21.6. The van der Waals surface area contributed by atoms with Crippen LogP contribution in [0.5, 0.6) is 0 Å². The Hall–Kier alpha value is -2.67. The highest BCUT2D eigenvalue weighted by molar-refractivity contribution is 8.26. The van der Waals surface area contributed by atoms with Crippen LogP contribution >= 0.6 is 24.0 Å². The maximum atomic E-state index is 12.9. The first-order valence-electron chi connectivity index (χ1n) is 10.0. The molecule has 2 aliphatic rings. The Bertz CT molecular complexity index is 1050. The molecule has 2 aromatic rings. The summed E-state index contributed by atoms with van der Waals surface area (Å²) >= 11 is 6.63. The fourth-order valence-corrected chi connectivity index (χ4v) is 4.98. The number of thiocarbonyl (C=S) groups is 1. The maximum Gasteiger partial charge on any atom is 0.266 e. The summed E-state index contributed by atoms with van der Waals surface area (Å²) in [4.78, 5) is 21.2. The maximum absolute atomic E-state index is 12.9. The monoisotopic (exact) mass is 454 g/mol. The van der Waals surface area contributed by atoms with E-state index >= 15 is 0 Å². The van der Waals surface area contributed by atoms with Gasteiger partial charge in [0.2, 0.25) is 17.5 Å². The fourth-order valence-electron chi connectivity index (χ4n) is 3.71. The molecule has 0 bridgehead atoms. The van der Waals surface area contributed by atoms with E-state index < -0.39 is 0 Å². The highest BCUT2D eigenvalue weighted by atomic mass is 32.2. The molecule has 1 aromatic heterocycles. The molecule has 2 saturated heterocycles. The zero-order valence-corrected chi connectivity index (χ0v) is 18.9. The predicted molar refractivity (Wildman–Crippen MR) is 123 cm³/mol. The molecular formula is C22H22N4O3S2. The molecule has 4 rings (SSSR count). The lowest BCUT2D eigenvalue weighted by Gasteiger charge is -2.34. The Labute approximate surface area is 190 Å². The molecule has 9 heteroatoms. The van der Waals surface area contributed by atoms with E-state index in [0.717, 1.165) is 12.0 Å².